The summed E-state index contributed by atoms with van der Waals surface area (Å²) in [7, 11) is -4.02. The summed E-state index contributed by atoms with van der Waals surface area (Å²) in [6.45, 7) is 2.22. The van der Waals surface area contributed by atoms with Gasteiger partial charge in [0.05, 0.1) is 29.8 Å². The second-order valence-corrected chi connectivity index (χ2v) is 12.9. The largest absolute Gasteiger partial charge is 0.454 e. The first-order valence-electron chi connectivity index (χ1n) is 14.9. The van der Waals surface area contributed by atoms with Crippen LogP contribution in [0.25, 0.3) is 0 Å². The van der Waals surface area contributed by atoms with Gasteiger partial charge in [0.25, 0.3) is 10.1 Å². The Morgan fingerprint density at radius 2 is 1.52 bits per heavy atom. The maximum atomic E-state index is 14.8. The van der Waals surface area contributed by atoms with Crippen LogP contribution in [0, 0.1) is 29.8 Å². The molecule has 1 saturated heterocycles. The zero-order valence-electron chi connectivity index (χ0n) is 26.2. The highest BCUT2D eigenvalue weighted by molar-refractivity contribution is 7.85. The normalized spacial score (nSPS) is 14.7. The number of aryl methyl sites for hydroxylation is 1. The molecule has 4 amide bonds. The number of aliphatic hydroxyl groups is 1. The zero-order chi connectivity index (χ0) is 36.2. The third-order valence-corrected chi connectivity index (χ3v) is 8.52. The lowest BCUT2D eigenvalue weighted by molar-refractivity contribution is -0.131. The molecule has 2 heterocycles. The minimum Gasteiger partial charge on any atom is -0.454 e. The average Bonchev–Trinajstić information content (AvgIpc) is 3.86. The first kappa shape index (κ1) is 35.8. The van der Waals surface area contributed by atoms with Crippen LogP contribution in [0.5, 0.6) is 11.5 Å². The third-order valence-electron chi connectivity index (χ3n) is 7.65. The van der Waals surface area contributed by atoms with Crippen molar-refractivity contribution in [1.82, 2.24) is 9.88 Å². The number of ether oxygens (including phenoxy) is 1. The van der Waals surface area contributed by atoms with Gasteiger partial charge in [0, 0.05) is 30.1 Å². The Morgan fingerprint density at radius 3 is 2.12 bits per heavy atom. The Balaban J connectivity index is 0.000000377. The number of carbonyl (C=O) groups excluding carboxylic acids is 3. The standard InChI is InChI=1S/C26H22F3N5O5.C7H8O3S/c27-14-1-3-15(4-2-14)31-23(36)26(6-7-26)24(37)32-20-10-19(29)21(11-18(20)28)39-17-5-8-30-22(9-17)33-25(38)34-12-16(35)13-34;1-6-2-4-7(5-3-6)11(8,9)10/h1-5,8-11,16,35H,6-7,12-13H2,(H,31,36)(H,32,37)(H,30,33,38);2-5H,1H3,(H,8,9,10). The molecule has 1 aliphatic heterocycles. The van der Waals surface area contributed by atoms with Crippen molar-refractivity contribution in [3.05, 3.63) is 102 Å². The van der Waals surface area contributed by atoms with Gasteiger partial charge in [-0.1, -0.05) is 17.7 Å². The summed E-state index contributed by atoms with van der Waals surface area (Å²) in [5.41, 5.74) is -0.696. The molecule has 2 fully saturated rings. The van der Waals surface area contributed by atoms with Gasteiger partial charge in [-0.3, -0.25) is 19.5 Å². The van der Waals surface area contributed by atoms with Gasteiger partial charge in [0.15, 0.2) is 17.4 Å². The van der Waals surface area contributed by atoms with Crippen LogP contribution in [0.4, 0.5) is 35.2 Å². The summed E-state index contributed by atoms with van der Waals surface area (Å²) < 4.78 is 77.7. The number of hydrogen-bond donors (Lipinski definition) is 5. The fourth-order valence-corrected chi connectivity index (χ4v) is 5.08. The van der Waals surface area contributed by atoms with E-state index in [0.29, 0.717) is 0 Å². The molecule has 0 bridgehead atoms. The lowest BCUT2D eigenvalue weighted by Gasteiger charge is -2.35. The Kier molecular flexibility index (Phi) is 10.4. The van der Waals surface area contributed by atoms with E-state index in [-0.39, 0.29) is 48.1 Å². The first-order valence-corrected chi connectivity index (χ1v) is 16.4. The predicted molar refractivity (Wildman–Crippen MR) is 174 cm³/mol. The average molecular weight is 714 g/mol. The van der Waals surface area contributed by atoms with E-state index in [1.807, 2.05) is 6.92 Å². The van der Waals surface area contributed by atoms with Gasteiger partial charge in [-0.2, -0.15) is 8.42 Å². The van der Waals surface area contributed by atoms with E-state index in [1.165, 1.54) is 47.5 Å². The fraction of sp³-hybridized carbons (Fsp3) is 0.212. The van der Waals surface area contributed by atoms with Gasteiger partial charge in [-0.15, -0.1) is 0 Å². The fourth-order valence-electron chi connectivity index (χ4n) is 4.60. The molecule has 1 aromatic heterocycles. The zero-order valence-corrected chi connectivity index (χ0v) is 27.0. The van der Waals surface area contributed by atoms with Gasteiger partial charge in [0.2, 0.25) is 11.8 Å². The number of nitrogens with zero attached hydrogens (tertiary/aromatic N) is 2. The number of rotatable bonds is 8. The maximum Gasteiger partial charge on any atom is 0.323 e. The minimum atomic E-state index is -4.02. The van der Waals surface area contributed by atoms with Crippen LogP contribution in [0.15, 0.2) is 83.9 Å². The van der Waals surface area contributed by atoms with Gasteiger partial charge in [-0.25, -0.2) is 22.9 Å². The third kappa shape index (κ3) is 8.73. The SMILES string of the molecule is Cc1ccc(S(=O)(=O)O)cc1.O=C(Nc1cc(Oc2cc(F)c(NC(=O)C3(C(=O)Nc4ccc(F)cc4)CC3)cc2F)ccn1)N1CC(O)C1. The number of benzene rings is 3. The molecule has 5 N–H and O–H groups in total. The molecule has 4 aromatic rings. The molecule has 1 saturated carbocycles. The number of anilines is 3. The maximum absolute atomic E-state index is 14.8. The van der Waals surface area contributed by atoms with Crippen molar-refractivity contribution in [2.75, 3.05) is 29.0 Å². The van der Waals surface area contributed by atoms with Crippen LogP contribution in [0.3, 0.4) is 0 Å². The number of hydrogen-bond acceptors (Lipinski definition) is 8. The van der Waals surface area contributed by atoms with Crippen LogP contribution < -0.4 is 20.7 Å². The van der Waals surface area contributed by atoms with Crippen LogP contribution >= 0.6 is 0 Å². The van der Waals surface area contributed by atoms with Crippen LogP contribution in [0.2, 0.25) is 0 Å². The van der Waals surface area contributed by atoms with Gasteiger partial charge >= 0.3 is 6.03 Å². The summed E-state index contributed by atoms with van der Waals surface area (Å²) in [5, 5.41) is 16.6. The number of aromatic nitrogens is 1. The van der Waals surface area contributed by atoms with Crippen LogP contribution in [-0.4, -0.2) is 65.0 Å². The summed E-state index contributed by atoms with van der Waals surface area (Å²) in [6.07, 6.45) is 1.13. The molecule has 0 unspecified atom stereocenters. The topological polar surface area (TPSA) is 187 Å². The van der Waals surface area contributed by atoms with E-state index in [9.17, 15) is 41.1 Å². The highest BCUT2D eigenvalue weighted by atomic mass is 32.2. The van der Waals surface area contributed by atoms with Crippen molar-refractivity contribution in [3.8, 4) is 11.5 Å². The van der Waals surface area contributed by atoms with E-state index in [0.717, 1.165) is 29.8 Å². The number of likely N-dealkylation sites (tertiary alicyclic amines) is 1. The van der Waals surface area contributed by atoms with E-state index in [4.69, 9.17) is 9.29 Å². The number of halogens is 3. The van der Waals surface area contributed by atoms with E-state index < -0.39 is 68.4 Å². The van der Waals surface area contributed by atoms with Crippen molar-refractivity contribution >= 4 is 45.2 Å². The Labute approximate surface area is 283 Å². The molecular weight excluding hydrogens is 683 g/mol. The molecule has 0 atom stereocenters. The van der Waals surface area contributed by atoms with Crippen LogP contribution in [-0.2, 0) is 19.7 Å². The number of pyridine rings is 1. The van der Waals surface area contributed by atoms with Crippen molar-refractivity contribution in [2.24, 2.45) is 5.41 Å². The highest BCUT2D eigenvalue weighted by Crippen LogP contribution is 2.48. The van der Waals surface area contributed by atoms with Crippen LogP contribution in [0.1, 0.15) is 18.4 Å². The monoisotopic (exact) mass is 713 g/mol. The molecule has 1 aliphatic carbocycles. The summed E-state index contributed by atoms with van der Waals surface area (Å²) >= 11 is 0. The minimum absolute atomic E-state index is 0.0495. The molecule has 6 rings (SSSR count). The molecule has 0 radical (unpaired) electrons. The number of urea groups is 1. The number of aliphatic hydroxyl groups excluding tert-OH is 1. The molecule has 17 heteroatoms. The number of β-amino-alcohol motifs (C(OH)–C–C–N with tert-alkyl or cyclic N) is 1. The molecule has 262 valence electrons. The predicted octanol–water partition coefficient (Wildman–Crippen LogP) is 5.10. The van der Waals surface area contributed by atoms with Gasteiger partial charge < -0.3 is 25.4 Å². The van der Waals surface area contributed by atoms with Crippen molar-refractivity contribution in [1.29, 1.82) is 0 Å². The molecule has 13 nitrogen and oxygen atoms in total. The number of nitrogens with one attached hydrogen (secondary N) is 3. The summed E-state index contributed by atoms with van der Waals surface area (Å²) in [6, 6.07) is 14.6. The molecular formula is C33H30F3N5O8S. The summed E-state index contributed by atoms with van der Waals surface area (Å²) in [4.78, 5) is 42.9. The number of amides is 4. The molecule has 2 aliphatic rings. The first-order chi connectivity index (χ1) is 23.6. The lowest BCUT2D eigenvalue weighted by atomic mass is 10.0. The van der Waals surface area contributed by atoms with Gasteiger partial charge in [-0.05, 0) is 62.2 Å². The highest BCUT2D eigenvalue weighted by Gasteiger charge is 2.56. The second-order valence-electron chi connectivity index (χ2n) is 11.5. The second kappa shape index (κ2) is 14.5. The van der Waals surface area contributed by atoms with Crippen molar-refractivity contribution in [2.45, 2.75) is 30.8 Å². The van der Waals surface area contributed by atoms with Crippen molar-refractivity contribution in [3.63, 3.8) is 0 Å². The van der Waals surface area contributed by atoms with E-state index in [2.05, 4.69) is 20.9 Å². The molecule has 50 heavy (non-hydrogen) atoms. The van der Waals surface area contributed by atoms with Gasteiger partial charge in [0.1, 0.15) is 22.8 Å². The Bertz CT molecular complexity index is 2020. The lowest BCUT2D eigenvalue weighted by Crippen LogP contribution is -2.54. The molecule has 0 spiro atoms. The Morgan fingerprint density at radius 1 is 0.880 bits per heavy atom. The Hall–Kier alpha value is -5.52. The smallest absolute Gasteiger partial charge is 0.323 e. The van der Waals surface area contributed by atoms with E-state index in [1.54, 1.807) is 12.1 Å². The molecule has 3 aromatic carbocycles. The van der Waals surface area contributed by atoms with Crippen molar-refractivity contribution < 1.29 is 50.4 Å². The number of carbonyl (C=O) groups is 3. The quantitative estimate of drug-likeness (QED) is 0.122. The van der Waals surface area contributed by atoms with E-state index >= 15 is 0 Å². The summed E-state index contributed by atoms with van der Waals surface area (Å²) in [5.74, 6) is -4.29.